The van der Waals surface area contributed by atoms with Gasteiger partial charge in [-0.1, -0.05) is 0 Å². The van der Waals surface area contributed by atoms with Crippen LogP contribution in [-0.4, -0.2) is 18.2 Å². The molecule has 0 spiro atoms. The quantitative estimate of drug-likeness (QED) is 0.456. The molecule has 0 aromatic rings. The van der Waals surface area contributed by atoms with Gasteiger partial charge < -0.3 is 10.4 Å². The average Bonchev–Trinajstić information content (AvgIpc) is 2.12. The monoisotopic (exact) mass is 113 g/mol. The second-order valence-corrected chi connectivity index (χ2v) is 2.12. The molecule has 0 aromatic heterocycles. The summed E-state index contributed by atoms with van der Waals surface area (Å²) in [5.41, 5.74) is 1.16. The van der Waals surface area contributed by atoms with E-state index in [0.29, 0.717) is 5.76 Å². The second-order valence-electron chi connectivity index (χ2n) is 2.12. The Morgan fingerprint density at radius 1 is 1.75 bits per heavy atom. The largest absolute Gasteiger partial charge is 0.513 e. The summed E-state index contributed by atoms with van der Waals surface area (Å²) in [6.07, 6.45) is 1.02. The van der Waals surface area contributed by atoms with Crippen molar-refractivity contribution in [2.75, 3.05) is 13.1 Å². The van der Waals surface area contributed by atoms with Crippen molar-refractivity contribution in [1.29, 1.82) is 0 Å². The van der Waals surface area contributed by atoms with Gasteiger partial charge in [-0.05, 0) is 25.5 Å². The van der Waals surface area contributed by atoms with Gasteiger partial charge in [0.2, 0.25) is 0 Å². The van der Waals surface area contributed by atoms with Gasteiger partial charge in [-0.25, -0.2) is 0 Å². The zero-order chi connectivity index (χ0) is 5.98. The Labute approximate surface area is 49.2 Å². The van der Waals surface area contributed by atoms with E-state index in [-0.39, 0.29) is 0 Å². The van der Waals surface area contributed by atoms with Crippen LogP contribution in [0.3, 0.4) is 0 Å². The molecule has 1 heterocycles. The zero-order valence-corrected chi connectivity index (χ0v) is 5.07. The van der Waals surface area contributed by atoms with Crippen molar-refractivity contribution < 1.29 is 5.11 Å². The van der Waals surface area contributed by atoms with E-state index in [1.165, 1.54) is 0 Å². The molecule has 2 N–H and O–H groups in total. The predicted molar refractivity (Wildman–Crippen MR) is 32.8 cm³/mol. The van der Waals surface area contributed by atoms with Crippen molar-refractivity contribution in [3.05, 3.63) is 11.3 Å². The van der Waals surface area contributed by atoms with Crippen LogP contribution in [0.4, 0.5) is 0 Å². The van der Waals surface area contributed by atoms with Crippen molar-refractivity contribution in [2.24, 2.45) is 0 Å². The fourth-order valence-corrected chi connectivity index (χ4v) is 0.876. The lowest BCUT2D eigenvalue weighted by Crippen LogP contribution is -2.05. The fourth-order valence-electron chi connectivity index (χ4n) is 0.876. The normalized spacial score (nSPS) is 26.1. The molecule has 2 heteroatoms. The lowest BCUT2D eigenvalue weighted by atomic mass is 10.2. The molecule has 1 aliphatic rings. The van der Waals surface area contributed by atoms with Crippen LogP contribution < -0.4 is 5.32 Å². The van der Waals surface area contributed by atoms with Crippen LogP contribution in [0, 0.1) is 0 Å². The lowest BCUT2D eigenvalue weighted by Gasteiger charge is -1.93. The minimum Gasteiger partial charge on any atom is -0.513 e. The molecule has 8 heavy (non-hydrogen) atoms. The summed E-state index contributed by atoms with van der Waals surface area (Å²) >= 11 is 0. The number of rotatable bonds is 0. The third kappa shape index (κ3) is 1.01. The molecular weight excluding hydrogens is 102 g/mol. The maximum atomic E-state index is 8.89. The minimum atomic E-state index is 0.495. The number of allylic oxidation sites excluding steroid dienone is 1. The van der Waals surface area contributed by atoms with Crippen LogP contribution >= 0.6 is 0 Å². The first-order chi connectivity index (χ1) is 3.80. The van der Waals surface area contributed by atoms with Crippen molar-refractivity contribution >= 4 is 0 Å². The molecule has 0 unspecified atom stereocenters. The summed E-state index contributed by atoms with van der Waals surface area (Å²) in [6.45, 7) is 3.64. The first kappa shape index (κ1) is 5.63. The summed E-state index contributed by atoms with van der Waals surface area (Å²) in [7, 11) is 0. The van der Waals surface area contributed by atoms with E-state index < -0.39 is 0 Å². The second kappa shape index (κ2) is 2.18. The van der Waals surface area contributed by atoms with Gasteiger partial charge in [-0.2, -0.15) is 0 Å². The highest BCUT2D eigenvalue weighted by atomic mass is 16.3. The van der Waals surface area contributed by atoms with E-state index in [0.717, 1.165) is 25.1 Å². The van der Waals surface area contributed by atoms with Gasteiger partial charge in [-0.15, -0.1) is 0 Å². The SMILES string of the molecule is C/C(O)=C1/CCNC1. The molecule has 0 aliphatic carbocycles. The average molecular weight is 113 g/mol. The number of aliphatic hydroxyl groups is 1. The van der Waals surface area contributed by atoms with E-state index in [1.54, 1.807) is 6.92 Å². The van der Waals surface area contributed by atoms with Crippen molar-refractivity contribution in [1.82, 2.24) is 5.32 Å². The van der Waals surface area contributed by atoms with Gasteiger partial charge in [0, 0.05) is 6.54 Å². The highest BCUT2D eigenvalue weighted by molar-refractivity contribution is 5.11. The fraction of sp³-hybridized carbons (Fsp3) is 0.667. The van der Waals surface area contributed by atoms with E-state index in [9.17, 15) is 0 Å². The summed E-state index contributed by atoms with van der Waals surface area (Å²) in [5, 5.41) is 12.0. The molecule has 0 saturated carbocycles. The van der Waals surface area contributed by atoms with Gasteiger partial charge in [0.25, 0.3) is 0 Å². The summed E-state index contributed by atoms with van der Waals surface area (Å²) in [4.78, 5) is 0. The first-order valence-corrected chi connectivity index (χ1v) is 2.89. The van der Waals surface area contributed by atoms with Crippen LogP contribution in [0.2, 0.25) is 0 Å². The number of nitrogens with one attached hydrogen (secondary N) is 1. The third-order valence-electron chi connectivity index (χ3n) is 1.45. The van der Waals surface area contributed by atoms with Crippen molar-refractivity contribution in [2.45, 2.75) is 13.3 Å². The van der Waals surface area contributed by atoms with Crippen LogP contribution in [0.25, 0.3) is 0 Å². The molecule has 0 aromatic carbocycles. The standard InChI is InChI=1S/C6H11NO/c1-5(8)6-2-3-7-4-6/h7-8H,2-4H2,1H3/b6-5+. The van der Waals surface area contributed by atoms with Crippen LogP contribution in [0.15, 0.2) is 11.3 Å². The van der Waals surface area contributed by atoms with Gasteiger partial charge in [0.15, 0.2) is 0 Å². The van der Waals surface area contributed by atoms with E-state index in [1.807, 2.05) is 0 Å². The maximum Gasteiger partial charge on any atom is 0.0897 e. The molecule has 1 aliphatic heterocycles. The Kier molecular flexibility index (Phi) is 1.53. The molecule has 0 atom stereocenters. The first-order valence-electron chi connectivity index (χ1n) is 2.89. The van der Waals surface area contributed by atoms with Gasteiger partial charge in [0.05, 0.1) is 5.76 Å². The van der Waals surface area contributed by atoms with Crippen molar-refractivity contribution in [3.63, 3.8) is 0 Å². The molecule has 0 radical (unpaired) electrons. The summed E-state index contributed by atoms with van der Waals surface area (Å²) in [6, 6.07) is 0. The maximum absolute atomic E-state index is 8.89. The molecular formula is C6H11NO. The van der Waals surface area contributed by atoms with Crippen LogP contribution in [0.1, 0.15) is 13.3 Å². The Morgan fingerprint density at radius 3 is 2.75 bits per heavy atom. The lowest BCUT2D eigenvalue weighted by molar-refractivity contribution is 0.405. The van der Waals surface area contributed by atoms with E-state index >= 15 is 0 Å². The Balaban J connectivity index is 2.58. The molecule has 46 valence electrons. The molecule has 0 bridgehead atoms. The van der Waals surface area contributed by atoms with Crippen LogP contribution in [0.5, 0.6) is 0 Å². The van der Waals surface area contributed by atoms with Gasteiger partial charge in [0.1, 0.15) is 0 Å². The third-order valence-corrected chi connectivity index (χ3v) is 1.45. The van der Waals surface area contributed by atoms with Crippen LogP contribution in [-0.2, 0) is 0 Å². The minimum absolute atomic E-state index is 0.495. The molecule has 0 amide bonds. The Hall–Kier alpha value is -0.500. The molecule has 1 rings (SSSR count). The van der Waals surface area contributed by atoms with Gasteiger partial charge in [-0.3, -0.25) is 0 Å². The van der Waals surface area contributed by atoms with Gasteiger partial charge >= 0.3 is 0 Å². The highest BCUT2D eigenvalue weighted by Gasteiger charge is 2.06. The number of hydrogen-bond donors (Lipinski definition) is 2. The van der Waals surface area contributed by atoms with E-state index in [4.69, 9.17) is 5.11 Å². The highest BCUT2D eigenvalue weighted by Crippen LogP contribution is 2.08. The summed E-state index contributed by atoms with van der Waals surface area (Å²) in [5.74, 6) is 0.495. The molecule has 1 saturated heterocycles. The number of hydrogen-bond acceptors (Lipinski definition) is 2. The van der Waals surface area contributed by atoms with E-state index in [2.05, 4.69) is 5.32 Å². The Morgan fingerprint density at radius 2 is 2.50 bits per heavy atom. The Bertz CT molecular complexity index is 106. The zero-order valence-electron chi connectivity index (χ0n) is 5.07. The predicted octanol–water partition coefficient (Wildman–Crippen LogP) is 0.812. The topological polar surface area (TPSA) is 32.3 Å². The number of aliphatic hydroxyl groups excluding tert-OH is 1. The summed E-state index contributed by atoms with van der Waals surface area (Å²) < 4.78 is 0. The smallest absolute Gasteiger partial charge is 0.0897 e. The molecule has 1 fully saturated rings. The van der Waals surface area contributed by atoms with Crippen molar-refractivity contribution in [3.8, 4) is 0 Å². The molecule has 2 nitrogen and oxygen atoms in total.